The van der Waals surface area contributed by atoms with Crippen molar-refractivity contribution in [2.24, 2.45) is 5.92 Å². The number of hydrogen-bond acceptors (Lipinski definition) is 6. The van der Waals surface area contributed by atoms with Gasteiger partial charge in [0, 0.05) is 25.7 Å². The van der Waals surface area contributed by atoms with Crippen molar-refractivity contribution in [2.45, 2.75) is 43.5 Å². The Morgan fingerprint density at radius 2 is 2.07 bits per heavy atom. The highest BCUT2D eigenvalue weighted by molar-refractivity contribution is 7.89. The largest absolute Gasteiger partial charge is 0.368 e. The molecule has 1 amide bonds. The highest BCUT2D eigenvalue weighted by atomic mass is 32.2. The fraction of sp³-hybridized carbons (Fsp3) is 0.588. The SMILES string of the molecule is C[C@H]1CCCN(S(=O)(=O)c2ccc(N[C@H]3CCCNC3=O)c([N+](=O)[O-])c2)C1. The second-order valence-corrected chi connectivity index (χ2v) is 9.11. The molecule has 0 aromatic heterocycles. The topological polar surface area (TPSA) is 122 Å². The fourth-order valence-electron chi connectivity index (χ4n) is 3.56. The monoisotopic (exact) mass is 396 g/mol. The van der Waals surface area contributed by atoms with Crippen LogP contribution in [0, 0.1) is 16.0 Å². The zero-order chi connectivity index (χ0) is 19.6. The minimum Gasteiger partial charge on any atom is -0.368 e. The van der Waals surface area contributed by atoms with E-state index in [-0.39, 0.29) is 28.1 Å². The second-order valence-electron chi connectivity index (χ2n) is 7.18. The molecule has 0 spiro atoms. The molecule has 0 unspecified atom stereocenters. The molecule has 2 aliphatic heterocycles. The summed E-state index contributed by atoms with van der Waals surface area (Å²) in [5, 5.41) is 17.1. The number of benzene rings is 1. The number of nitro groups is 1. The Labute approximate surface area is 158 Å². The first-order chi connectivity index (χ1) is 12.8. The molecule has 0 bridgehead atoms. The van der Waals surface area contributed by atoms with E-state index in [0.717, 1.165) is 25.3 Å². The molecule has 0 aliphatic carbocycles. The third kappa shape index (κ3) is 4.22. The molecule has 2 heterocycles. The first kappa shape index (κ1) is 19.6. The number of nitrogens with one attached hydrogen (secondary N) is 2. The van der Waals surface area contributed by atoms with E-state index in [4.69, 9.17) is 0 Å². The van der Waals surface area contributed by atoms with E-state index in [1.807, 2.05) is 6.92 Å². The molecule has 2 fully saturated rings. The number of amides is 1. The van der Waals surface area contributed by atoms with Crippen molar-refractivity contribution in [2.75, 3.05) is 25.0 Å². The predicted molar refractivity (Wildman–Crippen MR) is 99.9 cm³/mol. The Morgan fingerprint density at radius 3 is 2.74 bits per heavy atom. The van der Waals surface area contributed by atoms with Crippen LogP contribution in [0.1, 0.15) is 32.6 Å². The van der Waals surface area contributed by atoms with Gasteiger partial charge in [0.2, 0.25) is 15.9 Å². The van der Waals surface area contributed by atoms with E-state index < -0.39 is 21.0 Å². The lowest BCUT2D eigenvalue weighted by Crippen LogP contribution is -2.44. The van der Waals surface area contributed by atoms with Crippen LogP contribution < -0.4 is 10.6 Å². The Bertz CT molecular complexity index is 842. The molecule has 2 saturated heterocycles. The van der Waals surface area contributed by atoms with E-state index in [2.05, 4.69) is 10.6 Å². The molecule has 148 valence electrons. The summed E-state index contributed by atoms with van der Waals surface area (Å²) in [4.78, 5) is 22.7. The van der Waals surface area contributed by atoms with Crippen molar-refractivity contribution in [3.63, 3.8) is 0 Å². The summed E-state index contributed by atoms with van der Waals surface area (Å²) in [7, 11) is -3.79. The van der Waals surface area contributed by atoms with Crippen molar-refractivity contribution in [1.29, 1.82) is 0 Å². The summed E-state index contributed by atoms with van der Waals surface area (Å²) >= 11 is 0. The second kappa shape index (κ2) is 7.81. The Kier molecular flexibility index (Phi) is 5.66. The smallest absolute Gasteiger partial charge is 0.293 e. The van der Waals surface area contributed by atoms with Gasteiger partial charge in [-0.1, -0.05) is 6.92 Å². The summed E-state index contributed by atoms with van der Waals surface area (Å²) in [5.74, 6) is 0.0452. The van der Waals surface area contributed by atoms with Crippen molar-refractivity contribution < 1.29 is 18.1 Å². The maximum atomic E-state index is 12.9. The van der Waals surface area contributed by atoms with Gasteiger partial charge < -0.3 is 10.6 Å². The van der Waals surface area contributed by atoms with Crippen LogP contribution in [0.3, 0.4) is 0 Å². The van der Waals surface area contributed by atoms with Gasteiger partial charge in [-0.25, -0.2) is 8.42 Å². The average Bonchev–Trinajstić information content (AvgIpc) is 2.63. The van der Waals surface area contributed by atoms with Gasteiger partial charge in [-0.3, -0.25) is 14.9 Å². The molecule has 0 radical (unpaired) electrons. The van der Waals surface area contributed by atoms with Crippen LogP contribution in [0.15, 0.2) is 23.1 Å². The predicted octanol–water partition coefficient (Wildman–Crippen LogP) is 1.71. The average molecular weight is 396 g/mol. The van der Waals surface area contributed by atoms with E-state index in [1.165, 1.54) is 16.4 Å². The highest BCUT2D eigenvalue weighted by Gasteiger charge is 2.31. The van der Waals surface area contributed by atoms with Crippen molar-refractivity contribution in [3.8, 4) is 0 Å². The van der Waals surface area contributed by atoms with Crippen molar-refractivity contribution in [1.82, 2.24) is 9.62 Å². The molecule has 10 heteroatoms. The van der Waals surface area contributed by atoms with Gasteiger partial charge in [0.25, 0.3) is 5.69 Å². The van der Waals surface area contributed by atoms with Crippen molar-refractivity contribution in [3.05, 3.63) is 28.3 Å². The molecule has 2 atom stereocenters. The summed E-state index contributed by atoms with van der Waals surface area (Å²) in [5.41, 5.74) is -0.201. The van der Waals surface area contributed by atoms with Crippen LogP contribution in [-0.4, -0.2) is 49.2 Å². The molecule has 9 nitrogen and oxygen atoms in total. The van der Waals surface area contributed by atoms with Crippen LogP contribution in [0.5, 0.6) is 0 Å². The van der Waals surface area contributed by atoms with E-state index in [9.17, 15) is 23.3 Å². The Balaban J connectivity index is 1.89. The summed E-state index contributed by atoms with van der Waals surface area (Å²) in [6, 6.07) is 3.26. The Morgan fingerprint density at radius 1 is 1.30 bits per heavy atom. The maximum absolute atomic E-state index is 12.9. The number of hydrogen-bond donors (Lipinski definition) is 2. The van der Waals surface area contributed by atoms with Gasteiger partial charge in [0.1, 0.15) is 11.7 Å². The minimum absolute atomic E-state index is 0.0954. The number of nitrogens with zero attached hydrogens (tertiary/aromatic N) is 2. The fourth-order valence-corrected chi connectivity index (χ4v) is 5.18. The molecule has 1 aromatic carbocycles. The number of rotatable bonds is 5. The number of carbonyl (C=O) groups excluding carboxylic acids is 1. The van der Waals surface area contributed by atoms with Gasteiger partial charge in [-0.05, 0) is 43.7 Å². The number of anilines is 1. The van der Waals surface area contributed by atoms with Gasteiger partial charge >= 0.3 is 0 Å². The lowest BCUT2D eigenvalue weighted by Gasteiger charge is -2.30. The first-order valence-corrected chi connectivity index (χ1v) is 10.6. The van der Waals surface area contributed by atoms with Crippen LogP contribution in [-0.2, 0) is 14.8 Å². The zero-order valence-electron chi connectivity index (χ0n) is 15.2. The lowest BCUT2D eigenvalue weighted by molar-refractivity contribution is -0.384. The summed E-state index contributed by atoms with van der Waals surface area (Å²) in [6.45, 7) is 3.41. The molecule has 27 heavy (non-hydrogen) atoms. The van der Waals surface area contributed by atoms with Gasteiger partial charge in [0.15, 0.2) is 0 Å². The highest BCUT2D eigenvalue weighted by Crippen LogP contribution is 2.31. The maximum Gasteiger partial charge on any atom is 0.293 e. The zero-order valence-corrected chi connectivity index (χ0v) is 16.0. The minimum atomic E-state index is -3.79. The molecule has 2 aliphatic rings. The number of carbonyl (C=O) groups is 1. The molecular formula is C17H24N4O5S. The molecular weight excluding hydrogens is 372 g/mol. The Hall–Kier alpha value is -2.20. The third-order valence-electron chi connectivity index (χ3n) is 5.04. The van der Waals surface area contributed by atoms with Gasteiger partial charge in [0.05, 0.1) is 9.82 Å². The number of nitro benzene ring substituents is 1. The molecule has 2 N–H and O–H groups in total. The normalized spacial score (nSPS) is 24.3. The number of piperidine rings is 2. The molecule has 1 aromatic rings. The summed E-state index contributed by atoms with van der Waals surface area (Å²) in [6.07, 6.45) is 3.09. The van der Waals surface area contributed by atoms with E-state index in [0.29, 0.717) is 26.1 Å². The van der Waals surface area contributed by atoms with Crippen LogP contribution >= 0.6 is 0 Å². The quantitative estimate of drug-likeness (QED) is 0.577. The van der Waals surface area contributed by atoms with Crippen molar-refractivity contribution >= 4 is 27.3 Å². The van der Waals surface area contributed by atoms with Crippen LogP contribution in [0.4, 0.5) is 11.4 Å². The van der Waals surface area contributed by atoms with E-state index >= 15 is 0 Å². The summed E-state index contributed by atoms with van der Waals surface area (Å²) < 4.78 is 27.2. The van der Waals surface area contributed by atoms with Gasteiger partial charge in [-0.2, -0.15) is 4.31 Å². The van der Waals surface area contributed by atoms with E-state index in [1.54, 1.807) is 0 Å². The van der Waals surface area contributed by atoms with Gasteiger partial charge in [-0.15, -0.1) is 0 Å². The van der Waals surface area contributed by atoms with Crippen LogP contribution in [0.2, 0.25) is 0 Å². The van der Waals surface area contributed by atoms with Crippen LogP contribution in [0.25, 0.3) is 0 Å². The lowest BCUT2D eigenvalue weighted by atomic mass is 10.0. The standard InChI is InChI=1S/C17H24N4O5S/c1-12-4-3-9-20(11-12)27(25,26)13-6-7-14(16(10-13)21(23)24)19-15-5-2-8-18-17(15)22/h6-7,10,12,15,19H,2-5,8-9,11H2,1H3,(H,18,22)/t12-,15-/m0/s1. The molecule has 3 rings (SSSR count). The molecule has 0 saturated carbocycles. The third-order valence-corrected chi connectivity index (χ3v) is 6.90. The number of sulfonamides is 1. The first-order valence-electron chi connectivity index (χ1n) is 9.12.